The number of aromatic amines is 3. The van der Waals surface area contributed by atoms with Gasteiger partial charge in [-0.2, -0.15) is 5.10 Å². The number of benzene rings is 1. The van der Waals surface area contributed by atoms with Crippen molar-refractivity contribution in [3.05, 3.63) is 65.0 Å². The molecule has 9 nitrogen and oxygen atoms in total. The smallest absolute Gasteiger partial charge is 0.342 e. The molecular formula is C17H15Cl2N5O4. The van der Waals surface area contributed by atoms with Crippen molar-refractivity contribution in [2.45, 2.75) is 26.2 Å². The molecule has 11 heteroatoms. The Morgan fingerprint density at radius 2 is 1.71 bits per heavy atom. The Bertz CT molecular complexity index is 1180. The maximum atomic E-state index is 11.9. The summed E-state index contributed by atoms with van der Waals surface area (Å²) in [6.07, 6.45) is 0.767. The lowest BCUT2D eigenvalue weighted by molar-refractivity contribution is 0.452. The number of rotatable bonds is 5. The first-order valence-corrected chi connectivity index (χ1v) is 9.01. The lowest BCUT2D eigenvalue weighted by Gasteiger charge is -2.12. The lowest BCUT2D eigenvalue weighted by Crippen LogP contribution is -2.25. The predicted octanol–water partition coefficient (Wildman–Crippen LogP) is 2.82. The van der Waals surface area contributed by atoms with Crippen LogP contribution in [0.25, 0.3) is 11.3 Å². The van der Waals surface area contributed by atoms with Gasteiger partial charge in [0.2, 0.25) is 5.88 Å². The van der Waals surface area contributed by atoms with E-state index in [9.17, 15) is 14.4 Å². The first-order chi connectivity index (χ1) is 13.3. The Balaban J connectivity index is 2.00. The summed E-state index contributed by atoms with van der Waals surface area (Å²) < 4.78 is 5.66. The fraction of sp³-hybridized carbons (Fsp3) is 0.235. The zero-order valence-electron chi connectivity index (χ0n) is 14.8. The molecule has 0 aliphatic heterocycles. The number of aromatic nitrogens is 5. The van der Waals surface area contributed by atoms with Crippen LogP contribution in [-0.4, -0.2) is 25.4 Å². The third-order valence-corrected chi connectivity index (χ3v) is 4.70. The molecule has 3 aromatic rings. The highest BCUT2D eigenvalue weighted by Gasteiger charge is 2.17. The minimum atomic E-state index is -0.729. The zero-order chi connectivity index (χ0) is 20.4. The zero-order valence-corrected chi connectivity index (χ0v) is 16.3. The molecule has 2 aromatic heterocycles. The molecule has 0 aliphatic rings. The van der Waals surface area contributed by atoms with Crippen molar-refractivity contribution in [1.29, 1.82) is 0 Å². The highest BCUT2D eigenvalue weighted by Crippen LogP contribution is 2.38. The molecule has 0 unspecified atom stereocenters. The molecule has 0 spiro atoms. The van der Waals surface area contributed by atoms with Crippen molar-refractivity contribution in [3.63, 3.8) is 0 Å². The molecule has 1 aromatic carbocycles. The van der Waals surface area contributed by atoms with E-state index in [0.29, 0.717) is 5.56 Å². The van der Waals surface area contributed by atoms with Crippen LogP contribution in [-0.2, 0) is 0 Å². The Kier molecular flexibility index (Phi) is 5.66. The number of halogens is 2. The van der Waals surface area contributed by atoms with Gasteiger partial charge in [-0.25, -0.2) is 15.0 Å². The van der Waals surface area contributed by atoms with Gasteiger partial charge in [0.05, 0.1) is 10.0 Å². The standard InChI is InChI=1S/C17H15Cl2N5O4/c1-3-7(2)9-6-12(21-23-15(9)25)28-14-10(18)4-8(5-11(14)19)13-16(26)20-17(27)24-22-13/h4-7H,3H2,1-2H3,(H,23,25)(H2,20,24,26,27)/t7-/m0/s1. The highest BCUT2D eigenvalue weighted by molar-refractivity contribution is 6.37. The highest BCUT2D eigenvalue weighted by atomic mass is 35.5. The molecule has 28 heavy (non-hydrogen) atoms. The summed E-state index contributed by atoms with van der Waals surface area (Å²) in [6.45, 7) is 3.88. The molecule has 1 atom stereocenters. The number of nitrogens with zero attached hydrogens (tertiary/aromatic N) is 2. The van der Waals surface area contributed by atoms with Crippen LogP contribution in [0.15, 0.2) is 32.6 Å². The second kappa shape index (κ2) is 7.99. The van der Waals surface area contributed by atoms with Crippen molar-refractivity contribution >= 4 is 23.2 Å². The molecule has 0 fully saturated rings. The van der Waals surface area contributed by atoms with Crippen LogP contribution in [0.5, 0.6) is 11.6 Å². The Morgan fingerprint density at radius 3 is 2.32 bits per heavy atom. The summed E-state index contributed by atoms with van der Waals surface area (Å²) >= 11 is 12.5. The normalized spacial score (nSPS) is 12.0. The number of hydrogen-bond acceptors (Lipinski definition) is 6. The van der Waals surface area contributed by atoms with Gasteiger partial charge in [-0.1, -0.05) is 37.0 Å². The maximum Gasteiger partial charge on any atom is 0.342 e. The Labute approximate surface area is 167 Å². The molecule has 0 saturated heterocycles. The van der Waals surface area contributed by atoms with Crippen molar-refractivity contribution in [2.75, 3.05) is 0 Å². The van der Waals surface area contributed by atoms with Crippen LogP contribution in [0.1, 0.15) is 31.7 Å². The van der Waals surface area contributed by atoms with Crippen LogP contribution >= 0.6 is 23.2 Å². The summed E-state index contributed by atoms with van der Waals surface area (Å²) in [5.41, 5.74) is -0.958. The molecule has 2 heterocycles. The van der Waals surface area contributed by atoms with Gasteiger partial charge in [0, 0.05) is 17.2 Å². The summed E-state index contributed by atoms with van der Waals surface area (Å²) in [6, 6.07) is 4.36. The SMILES string of the molecule is CC[C@H](C)c1cc(Oc2c(Cl)cc(-c3n[nH]c(=O)[nH]c3=O)cc2Cl)n[nH]c1=O. The van der Waals surface area contributed by atoms with Gasteiger partial charge in [0.1, 0.15) is 0 Å². The lowest BCUT2D eigenvalue weighted by atomic mass is 10.0. The minimum Gasteiger partial charge on any atom is -0.434 e. The van der Waals surface area contributed by atoms with E-state index in [0.717, 1.165) is 6.42 Å². The van der Waals surface area contributed by atoms with E-state index < -0.39 is 11.2 Å². The molecule has 0 aliphatic carbocycles. The molecular weight excluding hydrogens is 409 g/mol. The van der Waals surface area contributed by atoms with E-state index >= 15 is 0 Å². The molecule has 0 amide bonds. The summed E-state index contributed by atoms with van der Waals surface area (Å²) in [5, 5.41) is 12.3. The number of H-pyrrole nitrogens is 3. The van der Waals surface area contributed by atoms with Crippen LogP contribution < -0.4 is 21.5 Å². The minimum absolute atomic E-state index is 0.0143. The van der Waals surface area contributed by atoms with Crippen LogP contribution in [0, 0.1) is 0 Å². The van der Waals surface area contributed by atoms with Crippen molar-refractivity contribution in [2.24, 2.45) is 0 Å². The third kappa shape index (κ3) is 4.00. The molecule has 0 bridgehead atoms. The predicted molar refractivity (Wildman–Crippen MR) is 105 cm³/mol. The second-order valence-electron chi connectivity index (χ2n) is 6.03. The fourth-order valence-corrected chi connectivity index (χ4v) is 3.05. The maximum absolute atomic E-state index is 11.9. The largest absolute Gasteiger partial charge is 0.434 e. The topological polar surface area (TPSA) is 134 Å². The van der Waals surface area contributed by atoms with Crippen LogP contribution in [0.2, 0.25) is 10.0 Å². The van der Waals surface area contributed by atoms with E-state index in [1.165, 1.54) is 18.2 Å². The van der Waals surface area contributed by atoms with Gasteiger partial charge in [0.15, 0.2) is 11.4 Å². The quantitative estimate of drug-likeness (QED) is 0.577. The molecule has 3 N–H and O–H groups in total. The van der Waals surface area contributed by atoms with E-state index in [1.54, 1.807) is 0 Å². The summed E-state index contributed by atoms with van der Waals surface area (Å²) in [7, 11) is 0. The van der Waals surface area contributed by atoms with E-state index in [-0.39, 0.29) is 44.4 Å². The number of ether oxygens (including phenoxy) is 1. The van der Waals surface area contributed by atoms with Crippen molar-refractivity contribution in [1.82, 2.24) is 25.4 Å². The van der Waals surface area contributed by atoms with E-state index in [2.05, 4.69) is 25.4 Å². The fourth-order valence-electron chi connectivity index (χ4n) is 2.48. The van der Waals surface area contributed by atoms with Gasteiger partial charge in [-0.15, -0.1) is 5.10 Å². The van der Waals surface area contributed by atoms with Crippen molar-refractivity contribution in [3.8, 4) is 22.9 Å². The molecule has 3 rings (SSSR count). The molecule has 0 radical (unpaired) electrons. The van der Waals surface area contributed by atoms with Gasteiger partial charge in [-0.3, -0.25) is 14.6 Å². The van der Waals surface area contributed by atoms with Crippen molar-refractivity contribution < 1.29 is 4.74 Å². The molecule has 146 valence electrons. The Hall–Kier alpha value is -2.91. The van der Waals surface area contributed by atoms with E-state index in [1.807, 2.05) is 13.8 Å². The first kappa shape index (κ1) is 19.8. The van der Waals surface area contributed by atoms with Gasteiger partial charge in [0.25, 0.3) is 11.1 Å². The van der Waals surface area contributed by atoms with Crippen LogP contribution in [0.4, 0.5) is 0 Å². The van der Waals surface area contributed by atoms with Crippen LogP contribution in [0.3, 0.4) is 0 Å². The third-order valence-electron chi connectivity index (χ3n) is 4.14. The van der Waals surface area contributed by atoms with Gasteiger partial charge in [-0.05, 0) is 24.5 Å². The molecule has 0 saturated carbocycles. The van der Waals surface area contributed by atoms with E-state index in [4.69, 9.17) is 27.9 Å². The second-order valence-corrected chi connectivity index (χ2v) is 6.84. The average Bonchev–Trinajstić information content (AvgIpc) is 2.65. The summed E-state index contributed by atoms with van der Waals surface area (Å²) in [5.74, 6) is 0.231. The number of nitrogens with one attached hydrogen (secondary N) is 3. The van der Waals surface area contributed by atoms with Gasteiger partial charge < -0.3 is 4.74 Å². The summed E-state index contributed by atoms with van der Waals surface area (Å²) in [4.78, 5) is 37.0. The van der Waals surface area contributed by atoms with Gasteiger partial charge >= 0.3 is 5.69 Å². The monoisotopic (exact) mass is 423 g/mol. The first-order valence-electron chi connectivity index (χ1n) is 8.26. The number of hydrogen-bond donors (Lipinski definition) is 3. The Morgan fingerprint density at radius 1 is 1.04 bits per heavy atom. The average molecular weight is 424 g/mol.